The zero-order chi connectivity index (χ0) is 14.8. The number of para-hydroxylation sites is 1. The fourth-order valence-electron chi connectivity index (χ4n) is 2.44. The van der Waals surface area contributed by atoms with Gasteiger partial charge in [0.25, 0.3) is 0 Å². The van der Waals surface area contributed by atoms with E-state index in [1.165, 1.54) is 0 Å². The normalized spacial score (nSPS) is 12.7. The number of furan rings is 1. The van der Waals surface area contributed by atoms with Crippen LogP contribution in [0.1, 0.15) is 17.4 Å². The first kappa shape index (κ1) is 14.5. The minimum absolute atomic E-state index is 0.0494. The van der Waals surface area contributed by atoms with Crippen molar-refractivity contribution in [2.45, 2.75) is 12.5 Å². The summed E-state index contributed by atoms with van der Waals surface area (Å²) in [5.41, 5.74) is 1.90. The SMILES string of the molecule is CNC(Cc1cc(Cl)ccc1Cl)c1cc2ccccc2o1. The van der Waals surface area contributed by atoms with Crippen molar-refractivity contribution in [2.75, 3.05) is 7.05 Å². The third-order valence-corrected chi connectivity index (χ3v) is 4.17. The van der Waals surface area contributed by atoms with Crippen molar-refractivity contribution in [3.63, 3.8) is 0 Å². The molecule has 2 nitrogen and oxygen atoms in total. The summed E-state index contributed by atoms with van der Waals surface area (Å²) in [4.78, 5) is 0. The zero-order valence-electron chi connectivity index (χ0n) is 11.6. The lowest BCUT2D eigenvalue weighted by Crippen LogP contribution is -2.18. The van der Waals surface area contributed by atoms with E-state index in [-0.39, 0.29) is 6.04 Å². The van der Waals surface area contributed by atoms with Gasteiger partial charge in [0.1, 0.15) is 11.3 Å². The topological polar surface area (TPSA) is 25.2 Å². The molecule has 0 spiro atoms. The first-order valence-corrected chi connectivity index (χ1v) is 7.52. The van der Waals surface area contributed by atoms with Gasteiger partial charge in [-0.15, -0.1) is 0 Å². The van der Waals surface area contributed by atoms with Gasteiger partial charge < -0.3 is 9.73 Å². The molecule has 0 bridgehead atoms. The molecule has 1 N–H and O–H groups in total. The first-order chi connectivity index (χ1) is 10.2. The van der Waals surface area contributed by atoms with Gasteiger partial charge in [0, 0.05) is 15.4 Å². The van der Waals surface area contributed by atoms with E-state index in [9.17, 15) is 0 Å². The highest BCUT2D eigenvalue weighted by atomic mass is 35.5. The van der Waals surface area contributed by atoms with Crippen LogP contribution < -0.4 is 5.32 Å². The standard InChI is InChI=1S/C17H15Cl2NO/c1-20-15(9-12-8-13(18)6-7-14(12)19)17-10-11-4-2-3-5-16(11)21-17/h2-8,10,15,20H,9H2,1H3. The van der Waals surface area contributed by atoms with E-state index < -0.39 is 0 Å². The maximum absolute atomic E-state index is 6.25. The van der Waals surface area contributed by atoms with Gasteiger partial charge in [-0.25, -0.2) is 0 Å². The largest absolute Gasteiger partial charge is 0.459 e. The highest BCUT2D eigenvalue weighted by Crippen LogP contribution is 2.29. The highest BCUT2D eigenvalue weighted by molar-refractivity contribution is 6.33. The van der Waals surface area contributed by atoms with Gasteiger partial charge in [0.05, 0.1) is 6.04 Å². The number of likely N-dealkylation sites (N-methyl/N-ethyl adjacent to an activating group) is 1. The van der Waals surface area contributed by atoms with Crippen molar-refractivity contribution in [3.05, 3.63) is 69.9 Å². The predicted octanol–water partition coefficient (Wildman–Crippen LogP) is 5.24. The Balaban J connectivity index is 1.92. The van der Waals surface area contributed by atoms with E-state index in [2.05, 4.69) is 11.4 Å². The van der Waals surface area contributed by atoms with Gasteiger partial charge in [-0.05, 0) is 49.4 Å². The van der Waals surface area contributed by atoms with Gasteiger partial charge in [0.15, 0.2) is 0 Å². The fraction of sp³-hybridized carbons (Fsp3) is 0.176. The van der Waals surface area contributed by atoms with Crippen LogP contribution in [0, 0.1) is 0 Å². The average Bonchev–Trinajstić information content (AvgIpc) is 2.91. The van der Waals surface area contributed by atoms with Crippen LogP contribution >= 0.6 is 23.2 Å². The molecule has 0 aliphatic rings. The summed E-state index contributed by atoms with van der Waals surface area (Å²) in [6, 6.07) is 15.6. The zero-order valence-corrected chi connectivity index (χ0v) is 13.1. The van der Waals surface area contributed by atoms with Gasteiger partial charge in [-0.1, -0.05) is 41.4 Å². The number of hydrogen-bond donors (Lipinski definition) is 1. The molecule has 0 aliphatic carbocycles. The Morgan fingerprint density at radius 3 is 2.67 bits per heavy atom. The average molecular weight is 320 g/mol. The van der Waals surface area contributed by atoms with E-state index in [4.69, 9.17) is 27.6 Å². The summed E-state index contributed by atoms with van der Waals surface area (Å²) in [7, 11) is 1.91. The van der Waals surface area contributed by atoms with Crippen molar-refractivity contribution < 1.29 is 4.42 Å². The van der Waals surface area contributed by atoms with E-state index >= 15 is 0 Å². The fourth-order valence-corrected chi connectivity index (χ4v) is 2.83. The lowest BCUT2D eigenvalue weighted by atomic mass is 10.0. The first-order valence-electron chi connectivity index (χ1n) is 6.77. The Hall–Kier alpha value is -1.48. The molecule has 1 heterocycles. The maximum atomic E-state index is 6.25. The van der Waals surface area contributed by atoms with E-state index in [1.54, 1.807) is 6.07 Å². The number of hydrogen-bond acceptors (Lipinski definition) is 2. The van der Waals surface area contributed by atoms with Crippen LogP contribution in [0.5, 0.6) is 0 Å². The van der Waals surface area contributed by atoms with Crippen LogP contribution in [0.4, 0.5) is 0 Å². The Labute approximate surface area is 133 Å². The van der Waals surface area contributed by atoms with E-state index in [0.29, 0.717) is 5.02 Å². The molecular weight excluding hydrogens is 305 g/mol. The van der Waals surface area contributed by atoms with Crippen molar-refractivity contribution >= 4 is 34.2 Å². The van der Waals surface area contributed by atoms with E-state index in [1.807, 2.05) is 43.4 Å². The molecule has 1 atom stereocenters. The van der Waals surface area contributed by atoms with Crippen LogP contribution in [-0.4, -0.2) is 7.05 Å². The molecule has 4 heteroatoms. The molecule has 0 fully saturated rings. The molecule has 0 amide bonds. The third kappa shape index (κ3) is 3.08. The summed E-state index contributed by atoms with van der Waals surface area (Å²) in [5, 5.41) is 5.79. The Bertz CT molecular complexity index is 733. The highest BCUT2D eigenvalue weighted by Gasteiger charge is 2.16. The number of nitrogens with one attached hydrogen (secondary N) is 1. The lowest BCUT2D eigenvalue weighted by molar-refractivity contribution is 0.451. The molecular formula is C17H15Cl2NO. The second-order valence-corrected chi connectivity index (χ2v) is 5.81. The minimum atomic E-state index is 0.0494. The molecule has 21 heavy (non-hydrogen) atoms. The van der Waals surface area contributed by atoms with Crippen molar-refractivity contribution in [1.29, 1.82) is 0 Å². The maximum Gasteiger partial charge on any atom is 0.134 e. The quantitative estimate of drug-likeness (QED) is 0.711. The smallest absolute Gasteiger partial charge is 0.134 e. The second-order valence-electron chi connectivity index (χ2n) is 4.97. The van der Waals surface area contributed by atoms with Crippen LogP contribution in [-0.2, 0) is 6.42 Å². The molecule has 0 saturated carbocycles. The van der Waals surface area contributed by atoms with Crippen LogP contribution in [0.15, 0.2) is 52.9 Å². The van der Waals surface area contributed by atoms with Crippen molar-refractivity contribution in [1.82, 2.24) is 5.32 Å². The number of benzene rings is 2. The number of fused-ring (bicyclic) bond motifs is 1. The van der Waals surface area contributed by atoms with Gasteiger partial charge in [-0.2, -0.15) is 0 Å². The molecule has 108 valence electrons. The molecule has 3 aromatic rings. The molecule has 0 radical (unpaired) electrons. The van der Waals surface area contributed by atoms with Crippen LogP contribution in [0.2, 0.25) is 10.0 Å². The minimum Gasteiger partial charge on any atom is -0.459 e. The molecule has 3 rings (SSSR count). The summed E-state index contributed by atoms with van der Waals surface area (Å²) in [6.07, 6.45) is 0.718. The molecule has 1 aromatic heterocycles. The van der Waals surface area contributed by atoms with Crippen LogP contribution in [0.25, 0.3) is 11.0 Å². The predicted molar refractivity (Wildman–Crippen MR) is 88.2 cm³/mol. The molecule has 2 aromatic carbocycles. The number of halogens is 2. The van der Waals surface area contributed by atoms with Crippen LogP contribution in [0.3, 0.4) is 0 Å². The summed E-state index contributed by atoms with van der Waals surface area (Å²) >= 11 is 12.3. The van der Waals surface area contributed by atoms with Crippen molar-refractivity contribution in [3.8, 4) is 0 Å². The summed E-state index contributed by atoms with van der Waals surface area (Å²) in [5.74, 6) is 0.898. The van der Waals surface area contributed by atoms with Gasteiger partial charge in [-0.3, -0.25) is 0 Å². The Morgan fingerprint density at radius 2 is 1.90 bits per heavy atom. The molecule has 1 unspecified atom stereocenters. The summed E-state index contributed by atoms with van der Waals surface area (Å²) < 4.78 is 5.92. The second kappa shape index (κ2) is 6.10. The molecule has 0 aliphatic heterocycles. The molecule has 0 saturated heterocycles. The summed E-state index contributed by atoms with van der Waals surface area (Å²) in [6.45, 7) is 0. The van der Waals surface area contributed by atoms with Gasteiger partial charge >= 0.3 is 0 Å². The van der Waals surface area contributed by atoms with Gasteiger partial charge in [0.2, 0.25) is 0 Å². The third-order valence-electron chi connectivity index (χ3n) is 3.57. The van der Waals surface area contributed by atoms with E-state index in [0.717, 1.165) is 33.7 Å². The lowest BCUT2D eigenvalue weighted by Gasteiger charge is -2.14. The Morgan fingerprint density at radius 1 is 1.10 bits per heavy atom. The monoisotopic (exact) mass is 319 g/mol. The van der Waals surface area contributed by atoms with Crippen molar-refractivity contribution in [2.24, 2.45) is 0 Å². The number of rotatable bonds is 4. The Kier molecular flexibility index (Phi) is 4.20.